The molecule has 2 heterocycles. The minimum Gasteiger partial charge on any atom is -0.331 e. The number of benzene rings is 1. The number of carbonyl (C=O) groups excluding carboxylic acids is 1. The van der Waals surface area contributed by atoms with Crippen molar-refractivity contribution < 1.29 is 9.32 Å². The van der Waals surface area contributed by atoms with Crippen LogP contribution in [-0.2, 0) is 0 Å². The molecule has 0 unspecified atom stereocenters. The highest BCUT2D eigenvalue weighted by Gasteiger charge is 2.08. The maximum Gasteiger partial charge on any atom is 0.291 e. The largest absolute Gasteiger partial charge is 0.331 e. The normalized spacial score (nSPS) is 10.6. The second kappa shape index (κ2) is 3.79. The Labute approximate surface area is 96.1 Å². The van der Waals surface area contributed by atoms with Crippen LogP contribution in [-0.4, -0.2) is 21.4 Å². The molecule has 5 nitrogen and oxygen atoms in total. The molecule has 3 aromatic rings. The first kappa shape index (κ1) is 9.65. The molecule has 17 heavy (non-hydrogen) atoms. The first-order chi connectivity index (χ1) is 8.36. The molecule has 5 heteroatoms. The van der Waals surface area contributed by atoms with Gasteiger partial charge in [0.1, 0.15) is 0 Å². The number of rotatable bonds is 2. The van der Waals surface area contributed by atoms with Gasteiger partial charge in [-0.1, -0.05) is 11.2 Å². The van der Waals surface area contributed by atoms with Crippen LogP contribution in [0, 0.1) is 0 Å². The van der Waals surface area contributed by atoms with Crippen molar-refractivity contribution >= 4 is 17.2 Å². The van der Waals surface area contributed by atoms with E-state index in [2.05, 4.69) is 15.1 Å². The molecule has 0 fully saturated rings. The van der Waals surface area contributed by atoms with Gasteiger partial charge in [0.25, 0.3) is 5.89 Å². The van der Waals surface area contributed by atoms with E-state index in [4.69, 9.17) is 4.52 Å². The van der Waals surface area contributed by atoms with Gasteiger partial charge in [-0.3, -0.25) is 9.78 Å². The van der Waals surface area contributed by atoms with E-state index in [-0.39, 0.29) is 5.89 Å². The molecule has 2 aromatic heterocycles. The van der Waals surface area contributed by atoms with E-state index in [0.717, 1.165) is 16.5 Å². The fourth-order valence-electron chi connectivity index (χ4n) is 1.62. The van der Waals surface area contributed by atoms with Crippen LogP contribution in [0.3, 0.4) is 0 Å². The third-order valence-corrected chi connectivity index (χ3v) is 2.40. The van der Waals surface area contributed by atoms with Crippen molar-refractivity contribution in [2.75, 3.05) is 0 Å². The van der Waals surface area contributed by atoms with Crippen LogP contribution in [0.15, 0.2) is 41.1 Å². The van der Waals surface area contributed by atoms with Gasteiger partial charge in [-0.15, -0.1) is 0 Å². The summed E-state index contributed by atoms with van der Waals surface area (Å²) in [5, 5.41) is 4.71. The molecule has 1 aromatic carbocycles. The summed E-state index contributed by atoms with van der Waals surface area (Å²) in [6, 6.07) is 9.43. The van der Waals surface area contributed by atoms with Gasteiger partial charge in [-0.05, 0) is 24.3 Å². The summed E-state index contributed by atoms with van der Waals surface area (Å²) in [5.41, 5.74) is 1.69. The Hall–Kier alpha value is -2.56. The van der Waals surface area contributed by atoms with Crippen LogP contribution in [0.1, 0.15) is 10.7 Å². The summed E-state index contributed by atoms with van der Waals surface area (Å²) in [6.07, 6.45) is 2.26. The molecule has 0 atom stereocenters. The standard InChI is InChI=1S/C12H7N3O2/c16-7-11-14-12(15-17-11)9-3-4-10-8(6-9)2-1-5-13-10/h1-7H. The molecule has 82 valence electrons. The highest BCUT2D eigenvalue weighted by molar-refractivity contribution is 5.83. The monoisotopic (exact) mass is 225 g/mol. The predicted octanol–water partition coefficient (Wildman–Crippen LogP) is 2.10. The maximum absolute atomic E-state index is 10.5. The Balaban J connectivity index is 2.14. The van der Waals surface area contributed by atoms with Gasteiger partial charge in [0.2, 0.25) is 12.1 Å². The molecule has 0 radical (unpaired) electrons. The fourth-order valence-corrected chi connectivity index (χ4v) is 1.62. The van der Waals surface area contributed by atoms with Gasteiger partial charge >= 0.3 is 0 Å². The molecule has 3 rings (SSSR count). The third-order valence-electron chi connectivity index (χ3n) is 2.40. The number of aromatic nitrogens is 3. The van der Waals surface area contributed by atoms with Gasteiger partial charge < -0.3 is 4.52 Å². The van der Waals surface area contributed by atoms with Gasteiger partial charge in [0, 0.05) is 17.1 Å². The van der Waals surface area contributed by atoms with Crippen LogP contribution < -0.4 is 0 Å². The molecular weight excluding hydrogens is 218 g/mol. The summed E-state index contributed by atoms with van der Waals surface area (Å²) in [5.74, 6) is 0.379. The smallest absolute Gasteiger partial charge is 0.291 e. The van der Waals surface area contributed by atoms with E-state index in [1.165, 1.54) is 0 Å². The van der Waals surface area contributed by atoms with Crippen LogP contribution >= 0.6 is 0 Å². The molecule has 0 aliphatic carbocycles. The number of aldehydes is 1. The lowest BCUT2D eigenvalue weighted by Crippen LogP contribution is -1.83. The van der Waals surface area contributed by atoms with Crippen LogP contribution in [0.2, 0.25) is 0 Å². The average Bonchev–Trinajstić information content (AvgIpc) is 2.87. The minimum absolute atomic E-state index is 0.0220. The Kier molecular flexibility index (Phi) is 2.15. The van der Waals surface area contributed by atoms with Crippen LogP contribution in [0.25, 0.3) is 22.3 Å². The first-order valence-electron chi connectivity index (χ1n) is 5.01. The topological polar surface area (TPSA) is 68.9 Å². The van der Waals surface area contributed by atoms with E-state index in [1.54, 1.807) is 6.20 Å². The van der Waals surface area contributed by atoms with Crippen molar-refractivity contribution in [2.45, 2.75) is 0 Å². The number of pyridine rings is 1. The first-order valence-corrected chi connectivity index (χ1v) is 5.01. The van der Waals surface area contributed by atoms with E-state index in [9.17, 15) is 4.79 Å². The summed E-state index contributed by atoms with van der Waals surface area (Å²) in [4.78, 5) is 18.6. The molecule has 0 aliphatic heterocycles. The van der Waals surface area contributed by atoms with E-state index in [0.29, 0.717) is 12.1 Å². The summed E-state index contributed by atoms with van der Waals surface area (Å²) >= 11 is 0. The second-order valence-electron chi connectivity index (χ2n) is 3.48. The lowest BCUT2D eigenvalue weighted by atomic mass is 10.1. The van der Waals surface area contributed by atoms with Crippen molar-refractivity contribution in [1.82, 2.24) is 15.1 Å². The van der Waals surface area contributed by atoms with Gasteiger partial charge in [-0.25, -0.2) is 0 Å². The van der Waals surface area contributed by atoms with Crippen molar-refractivity contribution in [1.29, 1.82) is 0 Å². The third kappa shape index (κ3) is 1.67. The van der Waals surface area contributed by atoms with Crippen molar-refractivity contribution in [2.24, 2.45) is 0 Å². The highest BCUT2D eigenvalue weighted by atomic mass is 16.5. The van der Waals surface area contributed by atoms with Crippen LogP contribution in [0.5, 0.6) is 0 Å². The zero-order valence-corrected chi connectivity index (χ0v) is 8.70. The summed E-state index contributed by atoms with van der Waals surface area (Å²) < 4.78 is 4.74. The average molecular weight is 225 g/mol. The Bertz CT molecular complexity index is 691. The quantitative estimate of drug-likeness (QED) is 0.624. The number of hydrogen-bond donors (Lipinski definition) is 0. The number of hydrogen-bond acceptors (Lipinski definition) is 5. The lowest BCUT2D eigenvalue weighted by Gasteiger charge is -1.98. The zero-order chi connectivity index (χ0) is 11.7. The Morgan fingerprint density at radius 2 is 2.18 bits per heavy atom. The molecule has 0 saturated heterocycles. The van der Waals surface area contributed by atoms with Gasteiger partial charge in [-0.2, -0.15) is 4.98 Å². The van der Waals surface area contributed by atoms with Gasteiger partial charge in [0.05, 0.1) is 5.52 Å². The molecule has 0 amide bonds. The molecule has 0 aliphatic rings. The van der Waals surface area contributed by atoms with E-state index in [1.807, 2.05) is 30.3 Å². The number of nitrogens with zero attached hydrogens (tertiary/aromatic N) is 3. The van der Waals surface area contributed by atoms with Crippen LogP contribution in [0.4, 0.5) is 0 Å². The SMILES string of the molecule is O=Cc1nc(-c2ccc3ncccc3c2)no1. The minimum atomic E-state index is -0.0220. The van der Waals surface area contributed by atoms with Crippen molar-refractivity contribution in [3.05, 3.63) is 42.4 Å². The molecule has 0 spiro atoms. The molecule has 0 saturated carbocycles. The molecule has 0 N–H and O–H groups in total. The maximum atomic E-state index is 10.5. The van der Waals surface area contributed by atoms with E-state index < -0.39 is 0 Å². The van der Waals surface area contributed by atoms with Crippen molar-refractivity contribution in [3.8, 4) is 11.4 Å². The summed E-state index contributed by atoms with van der Waals surface area (Å²) in [7, 11) is 0. The second-order valence-corrected chi connectivity index (χ2v) is 3.48. The van der Waals surface area contributed by atoms with Crippen molar-refractivity contribution in [3.63, 3.8) is 0 Å². The number of carbonyl (C=O) groups is 1. The zero-order valence-electron chi connectivity index (χ0n) is 8.70. The fraction of sp³-hybridized carbons (Fsp3) is 0. The Morgan fingerprint density at radius 3 is 3.00 bits per heavy atom. The molecular formula is C12H7N3O2. The molecule has 0 bridgehead atoms. The Morgan fingerprint density at radius 1 is 1.24 bits per heavy atom. The number of fused-ring (bicyclic) bond motifs is 1. The summed E-state index contributed by atoms with van der Waals surface area (Å²) in [6.45, 7) is 0. The van der Waals surface area contributed by atoms with Gasteiger partial charge in [0.15, 0.2) is 0 Å². The lowest BCUT2D eigenvalue weighted by molar-refractivity contribution is 0.108. The highest BCUT2D eigenvalue weighted by Crippen LogP contribution is 2.20. The predicted molar refractivity (Wildman–Crippen MR) is 60.4 cm³/mol. The van der Waals surface area contributed by atoms with E-state index >= 15 is 0 Å².